The molecule has 0 amide bonds. The van der Waals surface area contributed by atoms with E-state index in [4.69, 9.17) is 10.8 Å². The van der Waals surface area contributed by atoms with Gasteiger partial charge < -0.3 is 16.2 Å². The number of nitrogens with zero attached hydrogens (tertiary/aromatic N) is 2. The topological polar surface area (TPSA) is 85.2 Å². The number of aliphatic hydroxyl groups excluding tert-OH is 1. The molecule has 1 unspecified atom stereocenters. The van der Waals surface area contributed by atoms with Crippen molar-refractivity contribution in [2.24, 2.45) is 0 Å². The first kappa shape index (κ1) is 10.1. The van der Waals surface area contributed by atoms with Crippen LogP contribution in [0.25, 0.3) is 0 Å². The highest BCUT2D eigenvalue weighted by Gasteiger charge is 2.21. The van der Waals surface area contributed by atoms with Gasteiger partial charge >= 0.3 is 0 Å². The van der Waals surface area contributed by atoms with E-state index in [0.29, 0.717) is 12.4 Å². The van der Waals surface area contributed by atoms with Gasteiger partial charge in [-0.05, 0) is 13.3 Å². The van der Waals surface area contributed by atoms with Gasteiger partial charge in [0.25, 0.3) is 5.56 Å². The van der Waals surface area contributed by atoms with Crippen LogP contribution in [0.15, 0.2) is 4.79 Å². The van der Waals surface area contributed by atoms with Crippen LogP contribution in [0.4, 0.5) is 11.5 Å². The van der Waals surface area contributed by atoms with Gasteiger partial charge in [-0.2, -0.15) is 0 Å². The maximum absolute atomic E-state index is 11.6. The Labute approximate surface area is 87.3 Å². The Kier molecular flexibility index (Phi) is 2.44. The van der Waals surface area contributed by atoms with Gasteiger partial charge in [0, 0.05) is 19.6 Å². The lowest BCUT2D eigenvalue weighted by atomic mass is 10.4. The van der Waals surface area contributed by atoms with Gasteiger partial charge in [-0.1, -0.05) is 0 Å². The molecular weight excluding hydrogens is 196 g/mol. The Morgan fingerprint density at radius 2 is 2.20 bits per heavy atom. The molecule has 0 radical (unpaired) electrons. The number of aliphatic hydroxyl groups is 1. The van der Waals surface area contributed by atoms with Crippen LogP contribution in [0.1, 0.15) is 13.3 Å². The van der Waals surface area contributed by atoms with E-state index >= 15 is 0 Å². The van der Waals surface area contributed by atoms with Crippen molar-refractivity contribution in [1.82, 2.24) is 9.36 Å². The van der Waals surface area contributed by atoms with Crippen LogP contribution >= 0.6 is 0 Å². The monoisotopic (exact) mass is 212 g/mol. The van der Waals surface area contributed by atoms with Crippen molar-refractivity contribution in [3.05, 3.63) is 10.4 Å². The molecular formula is C9H16N4O2. The summed E-state index contributed by atoms with van der Waals surface area (Å²) in [7, 11) is 0. The van der Waals surface area contributed by atoms with Gasteiger partial charge in [0.15, 0.2) is 5.82 Å². The summed E-state index contributed by atoms with van der Waals surface area (Å²) >= 11 is 0. The maximum atomic E-state index is 11.6. The molecule has 1 atom stereocenters. The Morgan fingerprint density at radius 3 is 2.87 bits per heavy atom. The minimum absolute atomic E-state index is 0.138. The molecule has 1 aromatic rings. The van der Waals surface area contributed by atoms with E-state index in [0.717, 1.165) is 19.5 Å². The average molecular weight is 212 g/mol. The highest BCUT2D eigenvalue weighted by molar-refractivity contribution is 5.61. The highest BCUT2D eigenvalue weighted by atomic mass is 16.3. The van der Waals surface area contributed by atoms with Crippen LogP contribution in [0.2, 0.25) is 0 Å². The maximum Gasteiger partial charge on any atom is 0.292 e. The largest absolute Gasteiger partial charge is 0.392 e. The van der Waals surface area contributed by atoms with Gasteiger partial charge in [-0.3, -0.25) is 9.48 Å². The Bertz CT molecular complexity index is 418. The summed E-state index contributed by atoms with van der Waals surface area (Å²) in [6.07, 6.45) is 0.496. The Hall–Kier alpha value is -1.43. The first-order valence-corrected chi connectivity index (χ1v) is 5.12. The third-order valence-corrected chi connectivity index (χ3v) is 2.57. The molecule has 0 saturated carbocycles. The van der Waals surface area contributed by atoms with Crippen LogP contribution in [0.3, 0.4) is 0 Å². The third kappa shape index (κ3) is 1.61. The summed E-state index contributed by atoms with van der Waals surface area (Å²) in [4.78, 5) is 11.6. The first-order valence-electron chi connectivity index (χ1n) is 5.12. The number of rotatable bonds is 3. The lowest BCUT2D eigenvalue weighted by molar-refractivity contribution is 0.208. The van der Waals surface area contributed by atoms with Gasteiger partial charge in [-0.25, -0.2) is 4.68 Å². The number of anilines is 2. The molecule has 0 spiro atoms. The smallest absolute Gasteiger partial charge is 0.292 e. The zero-order valence-electron chi connectivity index (χ0n) is 8.73. The number of hydrogen-bond acceptors (Lipinski definition) is 4. The first-order chi connectivity index (χ1) is 7.11. The van der Waals surface area contributed by atoms with Crippen molar-refractivity contribution >= 4 is 11.5 Å². The third-order valence-electron chi connectivity index (χ3n) is 2.57. The fourth-order valence-electron chi connectivity index (χ4n) is 1.87. The lowest BCUT2D eigenvalue weighted by Gasteiger charge is -2.10. The molecule has 0 saturated heterocycles. The summed E-state index contributed by atoms with van der Waals surface area (Å²) in [5.74, 6) is 0.637. The predicted octanol–water partition coefficient (Wildman–Crippen LogP) is -0.572. The molecule has 6 nitrogen and oxygen atoms in total. The van der Waals surface area contributed by atoms with E-state index in [1.165, 1.54) is 0 Å². The molecule has 6 heteroatoms. The predicted molar refractivity (Wildman–Crippen MR) is 57.9 cm³/mol. The van der Waals surface area contributed by atoms with Crippen molar-refractivity contribution in [3.63, 3.8) is 0 Å². The molecule has 0 aromatic carbocycles. The molecule has 4 N–H and O–H groups in total. The van der Waals surface area contributed by atoms with E-state index in [1.807, 2.05) is 4.68 Å². The molecule has 2 rings (SSSR count). The van der Waals surface area contributed by atoms with Crippen LogP contribution in [0.5, 0.6) is 0 Å². The second-order valence-corrected chi connectivity index (χ2v) is 3.90. The second kappa shape index (κ2) is 3.62. The Morgan fingerprint density at radius 1 is 1.53 bits per heavy atom. The van der Waals surface area contributed by atoms with Crippen molar-refractivity contribution in [3.8, 4) is 0 Å². The minimum Gasteiger partial charge on any atom is -0.392 e. The molecule has 1 aliphatic heterocycles. The van der Waals surface area contributed by atoms with Crippen molar-refractivity contribution in [2.45, 2.75) is 32.5 Å². The van der Waals surface area contributed by atoms with Crippen LogP contribution in [-0.4, -0.2) is 27.1 Å². The molecule has 1 aliphatic rings. The van der Waals surface area contributed by atoms with E-state index in [2.05, 4.69) is 5.32 Å². The molecule has 0 aliphatic carbocycles. The van der Waals surface area contributed by atoms with Gasteiger partial charge in [0.1, 0.15) is 5.69 Å². The van der Waals surface area contributed by atoms with Crippen molar-refractivity contribution in [2.75, 3.05) is 17.6 Å². The number of nitrogens with two attached hydrogens (primary N) is 1. The van der Waals surface area contributed by atoms with Crippen LogP contribution in [-0.2, 0) is 13.1 Å². The Balaban J connectivity index is 2.31. The lowest BCUT2D eigenvalue weighted by Crippen LogP contribution is -2.18. The number of nitrogens with one attached hydrogen (secondary N) is 1. The average Bonchev–Trinajstić information content (AvgIpc) is 2.71. The normalized spacial score (nSPS) is 16.4. The van der Waals surface area contributed by atoms with E-state index in [9.17, 15) is 4.79 Å². The molecule has 0 bridgehead atoms. The minimum atomic E-state index is -0.461. The summed E-state index contributed by atoms with van der Waals surface area (Å²) in [6, 6.07) is 0. The quantitative estimate of drug-likeness (QED) is 0.626. The van der Waals surface area contributed by atoms with Crippen molar-refractivity contribution in [1.29, 1.82) is 0 Å². The standard InChI is InChI=1S/C9H16N4O2/c1-6(14)5-11-8-7(10)9(15)13-4-2-3-12(8)13/h6,11,14H,2-5,10H2,1H3. The highest BCUT2D eigenvalue weighted by Crippen LogP contribution is 2.19. The number of nitrogen functional groups attached to an aromatic ring is 1. The molecule has 2 heterocycles. The van der Waals surface area contributed by atoms with Crippen molar-refractivity contribution < 1.29 is 5.11 Å². The molecule has 0 fully saturated rings. The summed E-state index contributed by atoms with van der Waals surface area (Å²) in [5, 5.41) is 12.2. The van der Waals surface area contributed by atoms with Gasteiger partial charge in [0.2, 0.25) is 0 Å². The van der Waals surface area contributed by atoms with E-state index in [-0.39, 0.29) is 11.2 Å². The zero-order chi connectivity index (χ0) is 11.0. The number of aromatic nitrogens is 2. The fraction of sp³-hybridized carbons (Fsp3) is 0.667. The van der Waals surface area contributed by atoms with E-state index < -0.39 is 6.10 Å². The SMILES string of the molecule is CC(O)CNc1c(N)c(=O)n2n1CCC2. The summed E-state index contributed by atoms with van der Waals surface area (Å²) < 4.78 is 3.49. The molecule has 15 heavy (non-hydrogen) atoms. The summed E-state index contributed by atoms with van der Waals surface area (Å²) in [6.45, 7) is 3.60. The fourth-order valence-corrected chi connectivity index (χ4v) is 1.87. The summed E-state index contributed by atoms with van der Waals surface area (Å²) in [5.41, 5.74) is 5.81. The van der Waals surface area contributed by atoms with Crippen LogP contribution in [0, 0.1) is 0 Å². The molecule has 1 aromatic heterocycles. The van der Waals surface area contributed by atoms with Gasteiger partial charge in [-0.15, -0.1) is 0 Å². The van der Waals surface area contributed by atoms with Crippen LogP contribution < -0.4 is 16.6 Å². The number of fused-ring (bicyclic) bond motifs is 1. The van der Waals surface area contributed by atoms with Gasteiger partial charge in [0.05, 0.1) is 6.10 Å². The van der Waals surface area contributed by atoms with E-state index in [1.54, 1.807) is 11.6 Å². The zero-order valence-corrected chi connectivity index (χ0v) is 8.73. The molecule has 84 valence electrons. The second-order valence-electron chi connectivity index (χ2n) is 3.90. The number of hydrogen-bond donors (Lipinski definition) is 3.